The van der Waals surface area contributed by atoms with E-state index in [-0.39, 0.29) is 5.41 Å². The molecule has 0 aliphatic carbocycles. The molecule has 1 N–H and O–H groups in total. The van der Waals surface area contributed by atoms with Crippen LogP contribution in [0.1, 0.15) is 57.4 Å². The summed E-state index contributed by atoms with van der Waals surface area (Å²) >= 11 is 0. The van der Waals surface area contributed by atoms with Gasteiger partial charge in [0, 0.05) is 36.7 Å². The van der Waals surface area contributed by atoms with Gasteiger partial charge in [0.1, 0.15) is 5.82 Å². The lowest BCUT2D eigenvalue weighted by molar-refractivity contribution is 0.342. The number of hydrogen-bond acceptors (Lipinski definition) is 3. The first-order chi connectivity index (χ1) is 9.30. The molecule has 0 bridgehead atoms. The van der Waals surface area contributed by atoms with Crippen molar-refractivity contribution in [2.24, 2.45) is 0 Å². The smallest absolute Gasteiger partial charge is 0.114 e. The lowest BCUT2D eigenvalue weighted by Crippen LogP contribution is -2.28. The van der Waals surface area contributed by atoms with Gasteiger partial charge < -0.3 is 14.8 Å². The Morgan fingerprint density at radius 1 is 1.35 bits per heavy atom. The van der Waals surface area contributed by atoms with Crippen LogP contribution in [-0.2, 0) is 18.4 Å². The Hall–Kier alpha value is -0.870. The van der Waals surface area contributed by atoms with Crippen LogP contribution in [0.15, 0.2) is 0 Å². The number of nitrogens with zero attached hydrogens (tertiary/aromatic N) is 3. The summed E-state index contributed by atoms with van der Waals surface area (Å²) in [5, 5.41) is 3.44. The monoisotopic (exact) mass is 278 g/mol. The normalized spacial score (nSPS) is 17.4. The van der Waals surface area contributed by atoms with E-state index in [0.717, 1.165) is 26.1 Å². The van der Waals surface area contributed by atoms with Gasteiger partial charge in [-0.2, -0.15) is 0 Å². The van der Waals surface area contributed by atoms with Gasteiger partial charge in [-0.3, -0.25) is 0 Å². The highest BCUT2D eigenvalue weighted by Crippen LogP contribution is 2.30. The maximum atomic E-state index is 4.96. The van der Waals surface area contributed by atoms with Crippen molar-refractivity contribution >= 4 is 0 Å². The summed E-state index contributed by atoms with van der Waals surface area (Å²) < 4.78 is 2.53. The summed E-state index contributed by atoms with van der Waals surface area (Å²) in [4.78, 5) is 7.22. The molecule has 0 spiro atoms. The van der Waals surface area contributed by atoms with Crippen molar-refractivity contribution in [3.05, 3.63) is 17.2 Å². The molecule has 0 saturated heterocycles. The van der Waals surface area contributed by atoms with E-state index in [4.69, 9.17) is 4.98 Å². The van der Waals surface area contributed by atoms with Crippen LogP contribution >= 0.6 is 0 Å². The van der Waals surface area contributed by atoms with E-state index in [2.05, 4.69) is 56.6 Å². The molecule has 2 heterocycles. The second-order valence-electron chi connectivity index (χ2n) is 7.32. The van der Waals surface area contributed by atoms with Crippen molar-refractivity contribution in [3.63, 3.8) is 0 Å². The summed E-state index contributed by atoms with van der Waals surface area (Å²) in [6, 6.07) is 0.515. The van der Waals surface area contributed by atoms with Crippen LogP contribution < -0.4 is 5.32 Å². The largest absolute Gasteiger partial charge is 0.328 e. The van der Waals surface area contributed by atoms with Gasteiger partial charge in [-0.15, -0.1) is 0 Å². The van der Waals surface area contributed by atoms with Gasteiger partial charge in [0.2, 0.25) is 0 Å². The van der Waals surface area contributed by atoms with E-state index in [0.29, 0.717) is 6.04 Å². The minimum Gasteiger partial charge on any atom is -0.328 e. The standard InChI is InChI=1S/C16H30N4/c1-12(8-10-19(5)6)20-14-7-9-17-11-13(14)18-15(20)16(2,3)4/h12,17H,7-11H2,1-6H3. The number of nitrogens with one attached hydrogen (secondary N) is 1. The third-order valence-electron chi connectivity index (χ3n) is 4.03. The van der Waals surface area contributed by atoms with E-state index >= 15 is 0 Å². The van der Waals surface area contributed by atoms with Crippen LogP contribution in [0.4, 0.5) is 0 Å². The molecule has 1 aliphatic heterocycles. The molecule has 1 aromatic heterocycles. The number of fused-ring (bicyclic) bond motifs is 1. The lowest BCUT2D eigenvalue weighted by atomic mass is 9.95. The molecule has 2 rings (SSSR count). The van der Waals surface area contributed by atoms with E-state index in [1.54, 1.807) is 0 Å². The van der Waals surface area contributed by atoms with Crippen molar-refractivity contribution in [1.82, 2.24) is 19.8 Å². The molecule has 1 aromatic rings. The maximum absolute atomic E-state index is 4.96. The number of aromatic nitrogens is 2. The van der Waals surface area contributed by atoms with Gasteiger partial charge in [-0.1, -0.05) is 20.8 Å². The molecule has 4 nitrogen and oxygen atoms in total. The summed E-state index contributed by atoms with van der Waals surface area (Å²) in [6.45, 7) is 12.3. The van der Waals surface area contributed by atoms with E-state index < -0.39 is 0 Å². The fraction of sp³-hybridized carbons (Fsp3) is 0.812. The van der Waals surface area contributed by atoms with Crippen molar-refractivity contribution in [2.75, 3.05) is 27.2 Å². The van der Waals surface area contributed by atoms with Gasteiger partial charge >= 0.3 is 0 Å². The van der Waals surface area contributed by atoms with Crippen LogP contribution in [0.2, 0.25) is 0 Å². The molecule has 0 aromatic carbocycles. The number of hydrogen-bond donors (Lipinski definition) is 1. The molecular formula is C16H30N4. The van der Waals surface area contributed by atoms with Crippen LogP contribution in [-0.4, -0.2) is 41.6 Å². The quantitative estimate of drug-likeness (QED) is 0.917. The average Bonchev–Trinajstić information content (AvgIpc) is 2.75. The molecule has 1 aliphatic rings. The SMILES string of the molecule is CC(CCN(C)C)n1c(C(C)(C)C)nc2c1CCNC2. The predicted molar refractivity (Wildman–Crippen MR) is 84.2 cm³/mol. The Morgan fingerprint density at radius 2 is 2.05 bits per heavy atom. The molecule has 0 saturated carbocycles. The first-order valence-electron chi connectivity index (χ1n) is 7.76. The third-order valence-corrected chi connectivity index (χ3v) is 4.03. The number of rotatable bonds is 4. The zero-order valence-corrected chi connectivity index (χ0v) is 14.0. The van der Waals surface area contributed by atoms with Crippen LogP contribution in [0.5, 0.6) is 0 Å². The highest BCUT2D eigenvalue weighted by atomic mass is 15.2. The van der Waals surface area contributed by atoms with Gasteiger partial charge in [0.05, 0.1) is 5.69 Å². The zero-order chi connectivity index (χ0) is 14.9. The molecule has 0 fully saturated rings. The van der Waals surface area contributed by atoms with Gasteiger partial charge in [0.25, 0.3) is 0 Å². The predicted octanol–water partition coefficient (Wildman–Crippen LogP) is 2.34. The average molecular weight is 278 g/mol. The Morgan fingerprint density at radius 3 is 2.65 bits per heavy atom. The Kier molecular flexibility index (Phi) is 4.55. The minimum atomic E-state index is 0.101. The van der Waals surface area contributed by atoms with Crippen molar-refractivity contribution in [1.29, 1.82) is 0 Å². The van der Waals surface area contributed by atoms with Crippen LogP contribution in [0, 0.1) is 0 Å². The summed E-state index contributed by atoms with van der Waals surface area (Å²) in [7, 11) is 4.29. The summed E-state index contributed by atoms with van der Waals surface area (Å²) in [5.41, 5.74) is 2.82. The van der Waals surface area contributed by atoms with Crippen LogP contribution in [0.3, 0.4) is 0 Å². The molecule has 0 amide bonds. The Labute approximate surface area is 123 Å². The molecule has 1 unspecified atom stereocenters. The van der Waals surface area contributed by atoms with Crippen molar-refractivity contribution in [2.45, 2.75) is 58.5 Å². The molecule has 114 valence electrons. The second kappa shape index (κ2) is 5.86. The van der Waals surface area contributed by atoms with Gasteiger partial charge in [-0.05, 0) is 34.0 Å². The topological polar surface area (TPSA) is 33.1 Å². The maximum Gasteiger partial charge on any atom is 0.114 e. The van der Waals surface area contributed by atoms with E-state index in [1.807, 2.05) is 0 Å². The van der Waals surface area contributed by atoms with Crippen molar-refractivity contribution < 1.29 is 0 Å². The molecular weight excluding hydrogens is 248 g/mol. The molecule has 4 heteroatoms. The fourth-order valence-electron chi connectivity index (χ4n) is 2.91. The van der Waals surface area contributed by atoms with E-state index in [1.165, 1.54) is 23.6 Å². The molecule has 0 radical (unpaired) electrons. The third kappa shape index (κ3) is 3.23. The first kappa shape index (κ1) is 15.5. The van der Waals surface area contributed by atoms with Crippen LogP contribution in [0.25, 0.3) is 0 Å². The highest BCUT2D eigenvalue weighted by Gasteiger charge is 2.29. The minimum absolute atomic E-state index is 0.101. The lowest BCUT2D eigenvalue weighted by Gasteiger charge is -2.27. The van der Waals surface area contributed by atoms with E-state index in [9.17, 15) is 0 Å². The highest BCUT2D eigenvalue weighted by molar-refractivity contribution is 5.24. The Balaban J connectivity index is 2.35. The summed E-state index contributed by atoms with van der Waals surface area (Å²) in [5.74, 6) is 1.25. The van der Waals surface area contributed by atoms with Gasteiger partial charge in [-0.25, -0.2) is 4.98 Å². The van der Waals surface area contributed by atoms with Crippen molar-refractivity contribution in [3.8, 4) is 0 Å². The Bertz CT molecular complexity index is 454. The zero-order valence-electron chi connectivity index (χ0n) is 14.0. The fourth-order valence-corrected chi connectivity index (χ4v) is 2.91. The second-order valence-corrected chi connectivity index (χ2v) is 7.32. The van der Waals surface area contributed by atoms with Gasteiger partial charge in [0.15, 0.2) is 0 Å². The number of imidazole rings is 1. The molecule has 1 atom stereocenters. The summed E-state index contributed by atoms with van der Waals surface area (Å²) in [6.07, 6.45) is 2.27. The first-order valence-corrected chi connectivity index (χ1v) is 7.76. The molecule has 20 heavy (non-hydrogen) atoms.